The summed E-state index contributed by atoms with van der Waals surface area (Å²) in [5.74, 6) is 0.604. The van der Waals surface area contributed by atoms with Gasteiger partial charge in [0.2, 0.25) is 0 Å². The molecule has 1 aliphatic heterocycles. The molecule has 3 rings (SSSR count). The van der Waals surface area contributed by atoms with Crippen LogP contribution >= 0.6 is 11.6 Å². The molecular weight excluding hydrogens is 260 g/mol. The first kappa shape index (κ1) is 13.3. The summed E-state index contributed by atoms with van der Waals surface area (Å²) in [5.41, 5.74) is 1.28. The van der Waals surface area contributed by atoms with Crippen molar-refractivity contribution in [3.8, 4) is 0 Å². The molecule has 1 N–H and O–H groups in total. The lowest BCUT2D eigenvalue weighted by molar-refractivity contribution is -0.147. The molecule has 2 fully saturated rings. The number of ether oxygens (including phenoxy) is 1. The Hall–Kier alpha value is -0.640. The average Bonchev–Trinajstić information content (AvgIpc) is 2.40. The normalized spacial score (nSPS) is 26.9. The van der Waals surface area contributed by atoms with Crippen LogP contribution in [0.4, 0.5) is 0 Å². The third kappa shape index (κ3) is 2.64. The summed E-state index contributed by atoms with van der Waals surface area (Å²) in [4.78, 5) is 4.48. The summed E-state index contributed by atoms with van der Waals surface area (Å²) in [7, 11) is 2.02. The maximum atomic E-state index is 6.01. The molecule has 4 heteroatoms. The van der Waals surface area contributed by atoms with Crippen LogP contribution in [0.5, 0.6) is 0 Å². The van der Waals surface area contributed by atoms with E-state index in [0.717, 1.165) is 25.1 Å². The Morgan fingerprint density at radius 1 is 1.47 bits per heavy atom. The van der Waals surface area contributed by atoms with Crippen molar-refractivity contribution in [3.05, 3.63) is 29.0 Å². The topological polar surface area (TPSA) is 34.2 Å². The number of hydrogen-bond acceptors (Lipinski definition) is 3. The van der Waals surface area contributed by atoms with Crippen molar-refractivity contribution in [1.82, 2.24) is 10.3 Å². The molecule has 0 radical (unpaired) electrons. The average molecular weight is 281 g/mol. The van der Waals surface area contributed by atoms with Gasteiger partial charge in [-0.2, -0.15) is 0 Å². The Bertz CT molecular complexity index is 430. The van der Waals surface area contributed by atoms with Gasteiger partial charge in [0.05, 0.1) is 22.4 Å². The molecular formula is C15H21ClN2O. The van der Waals surface area contributed by atoms with E-state index < -0.39 is 0 Å². The lowest BCUT2D eigenvalue weighted by Gasteiger charge is -2.48. The van der Waals surface area contributed by atoms with Crippen LogP contribution in [0.1, 0.15) is 43.8 Å². The van der Waals surface area contributed by atoms with Crippen LogP contribution in [0.15, 0.2) is 18.3 Å². The second-order valence-corrected chi connectivity index (χ2v) is 6.24. The summed E-state index contributed by atoms with van der Waals surface area (Å²) in [6.45, 7) is 0.885. The molecule has 1 spiro atoms. The zero-order valence-electron chi connectivity index (χ0n) is 11.4. The zero-order valence-corrected chi connectivity index (χ0v) is 12.1. The molecule has 1 saturated heterocycles. The third-order valence-corrected chi connectivity index (χ3v) is 4.87. The smallest absolute Gasteiger partial charge is 0.0686 e. The molecule has 19 heavy (non-hydrogen) atoms. The molecule has 2 unspecified atom stereocenters. The number of hydrogen-bond donors (Lipinski definition) is 1. The first-order valence-corrected chi connectivity index (χ1v) is 7.53. The van der Waals surface area contributed by atoms with E-state index in [1.54, 1.807) is 6.20 Å². The summed E-state index contributed by atoms with van der Waals surface area (Å²) in [6.07, 6.45) is 7.78. The maximum Gasteiger partial charge on any atom is 0.0686 e. The van der Waals surface area contributed by atoms with Crippen molar-refractivity contribution in [2.45, 2.75) is 43.7 Å². The Kier molecular flexibility index (Phi) is 3.79. The molecule has 2 atom stereocenters. The van der Waals surface area contributed by atoms with E-state index in [4.69, 9.17) is 16.3 Å². The fourth-order valence-electron chi connectivity index (χ4n) is 3.47. The summed E-state index contributed by atoms with van der Waals surface area (Å²) < 4.78 is 6.01. The van der Waals surface area contributed by atoms with Crippen LogP contribution in [0.2, 0.25) is 5.02 Å². The van der Waals surface area contributed by atoms with Crippen molar-refractivity contribution in [2.75, 3.05) is 13.7 Å². The Balaban J connectivity index is 1.76. The van der Waals surface area contributed by atoms with Gasteiger partial charge in [-0.3, -0.25) is 4.98 Å². The highest BCUT2D eigenvalue weighted by Gasteiger charge is 2.44. The van der Waals surface area contributed by atoms with Crippen molar-refractivity contribution in [1.29, 1.82) is 0 Å². The lowest BCUT2D eigenvalue weighted by atomic mass is 9.70. The standard InChI is InChI=1S/C15H21ClN2O/c1-17-14(13-4-3-12(16)10-18-13)11-5-8-19-15(9-11)6-2-7-15/h3-4,10-11,14,17H,2,5-9H2,1H3. The highest BCUT2D eigenvalue weighted by atomic mass is 35.5. The molecule has 3 nitrogen and oxygen atoms in total. The molecule has 1 aromatic heterocycles. The summed E-state index contributed by atoms with van der Waals surface area (Å²) in [6, 6.07) is 4.26. The number of pyridine rings is 1. The first-order valence-electron chi connectivity index (χ1n) is 7.15. The van der Waals surface area contributed by atoms with Gasteiger partial charge in [0, 0.05) is 12.8 Å². The molecule has 1 aromatic rings. The number of aromatic nitrogens is 1. The van der Waals surface area contributed by atoms with Gasteiger partial charge in [0.25, 0.3) is 0 Å². The minimum absolute atomic E-state index is 0.185. The van der Waals surface area contributed by atoms with E-state index >= 15 is 0 Å². The van der Waals surface area contributed by atoms with Gasteiger partial charge in [-0.1, -0.05) is 11.6 Å². The van der Waals surface area contributed by atoms with E-state index in [-0.39, 0.29) is 5.60 Å². The van der Waals surface area contributed by atoms with E-state index in [0.29, 0.717) is 17.0 Å². The van der Waals surface area contributed by atoms with E-state index in [1.807, 2.05) is 19.2 Å². The van der Waals surface area contributed by atoms with Crippen LogP contribution in [0.25, 0.3) is 0 Å². The van der Waals surface area contributed by atoms with Gasteiger partial charge in [0.15, 0.2) is 0 Å². The molecule has 1 saturated carbocycles. The Labute approximate surface area is 119 Å². The predicted octanol–water partition coefficient (Wildman–Crippen LogP) is 3.34. The Morgan fingerprint density at radius 3 is 2.89 bits per heavy atom. The number of nitrogens with zero attached hydrogens (tertiary/aromatic N) is 1. The lowest BCUT2D eigenvalue weighted by Crippen LogP contribution is -2.47. The zero-order chi connectivity index (χ0) is 13.3. The highest BCUT2D eigenvalue weighted by molar-refractivity contribution is 6.30. The third-order valence-electron chi connectivity index (χ3n) is 4.65. The van der Waals surface area contributed by atoms with Gasteiger partial charge < -0.3 is 10.1 Å². The van der Waals surface area contributed by atoms with Gasteiger partial charge in [-0.25, -0.2) is 0 Å². The molecule has 2 heterocycles. The molecule has 2 aliphatic rings. The van der Waals surface area contributed by atoms with Gasteiger partial charge >= 0.3 is 0 Å². The van der Waals surface area contributed by atoms with E-state index in [9.17, 15) is 0 Å². The fraction of sp³-hybridized carbons (Fsp3) is 0.667. The molecule has 0 aromatic carbocycles. The molecule has 0 amide bonds. The van der Waals surface area contributed by atoms with Crippen LogP contribution < -0.4 is 5.32 Å². The monoisotopic (exact) mass is 280 g/mol. The molecule has 0 bridgehead atoms. The van der Waals surface area contributed by atoms with E-state index in [1.165, 1.54) is 19.3 Å². The number of halogens is 1. The quantitative estimate of drug-likeness (QED) is 0.922. The second kappa shape index (κ2) is 5.39. The van der Waals surface area contributed by atoms with Crippen molar-refractivity contribution >= 4 is 11.6 Å². The summed E-state index contributed by atoms with van der Waals surface area (Å²) in [5, 5.41) is 4.13. The number of rotatable bonds is 3. The highest BCUT2D eigenvalue weighted by Crippen LogP contribution is 2.46. The van der Waals surface area contributed by atoms with Crippen molar-refractivity contribution < 1.29 is 4.74 Å². The summed E-state index contributed by atoms with van der Waals surface area (Å²) >= 11 is 5.92. The van der Waals surface area contributed by atoms with Gasteiger partial charge in [0.1, 0.15) is 0 Å². The minimum Gasteiger partial charge on any atom is -0.375 e. The van der Waals surface area contributed by atoms with Crippen LogP contribution in [-0.4, -0.2) is 24.2 Å². The van der Waals surface area contributed by atoms with Crippen LogP contribution in [0, 0.1) is 5.92 Å². The largest absolute Gasteiger partial charge is 0.375 e. The minimum atomic E-state index is 0.185. The molecule has 1 aliphatic carbocycles. The van der Waals surface area contributed by atoms with Gasteiger partial charge in [-0.15, -0.1) is 0 Å². The van der Waals surface area contributed by atoms with Crippen molar-refractivity contribution in [2.24, 2.45) is 5.92 Å². The maximum absolute atomic E-state index is 6.01. The molecule has 104 valence electrons. The Morgan fingerprint density at radius 2 is 2.32 bits per heavy atom. The predicted molar refractivity (Wildman–Crippen MR) is 76.3 cm³/mol. The van der Waals surface area contributed by atoms with Gasteiger partial charge in [-0.05, 0) is 57.2 Å². The second-order valence-electron chi connectivity index (χ2n) is 5.81. The van der Waals surface area contributed by atoms with E-state index in [2.05, 4.69) is 10.3 Å². The first-order chi connectivity index (χ1) is 9.22. The van der Waals surface area contributed by atoms with Crippen molar-refractivity contribution in [3.63, 3.8) is 0 Å². The number of nitrogens with one attached hydrogen (secondary N) is 1. The van der Waals surface area contributed by atoms with Crippen LogP contribution in [-0.2, 0) is 4.74 Å². The van der Waals surface area contributed by atoms with Crippen LogP contribution in [0.3, 0.4) is 0 Å². The SMILES string of the molecule is CNC(c1ccc(Cl)cn1)C1CCOC2(CCC2)C1. The fourth-order valence-corrected chi connectivity index (χ4v) is 3.58.